The van der Waals surface area contributed by atoms with Crippen molar-refractivity contribution in [1.29, 1.82) is 0 Å². The zero-order valence-corrected chi connectivity index (χ0v) is 9.14. The van der Waals surface area contributed by atoms with Crippen LogP contribution in [0.3, 0.4) is 0 Å². The normalized spacial score (nSPS) is 13.0. The molecule has 1 atom stereocenters. The lowest BCUT2D eigenvalue weighted by molar-refractivity contribution is 0.370. The lowest BCUT2D eigenvalue weighted by Gasteiger charge is -2.08. The van der Waals surface area contributed by atoms with Crippen LogP contribution in [0, 0.1) is 29.1 Å². The molecule has 0 heterocycles. The smallest absolute Gasteiger partial charge is 0.200 e. The zero-order valence-electron chi connectivity index (χ0n) is 7.55. The van der Waals surface area contributed by atoms with Gasteiger partial charge in [0.25, 0.3) is 0 Å². The summed E-state index contributed by atoms with van der Waals surface area (Å²) in [6, 6.07) is 0. The zero-order chi connectivity index (χ0) is 11.7. The monoisotopic (exact) mass is 288 g/mol. The van der Waals surface area contributed by atoms with Crippen LogP contribution in [-0.2, 0) is 6.42 Å². The summed E-state index contributed by atoms with van der Waals surface area (Å²) in [7, 11) is 0. The number of rotatable bonds is 2. The Balaban J connectivity index is 3.39. The summed E-state index contributed by atoms with van der Waals surface area (Å²) in [6.07, 6.45) is -0.272. The van der Waals surface area contributed by atoms with Crippen LogP contribution in [0.2, 0.25) is 0 Å². The first-order valence-electron chi connectivity index (χ1n) is 4.00. The number of hydrogen-bond donors (Lipinski definition) is 0. The van der Waals surface area contributed by atoms with Crippen LogP contribution in [0.5, 0.6) is 0 Å². The van der Waals surface area contributed by atoms with Gasteiger partial charge in [-0.25, -0.2) is 22.0 Å². The Kier molecular flexibility index (Phi) is 3.70. The molecule has 0 bridgehead atoms. The maximum absolute atomic E-state index is 13.0. The molecule has 0 N–H and O–H groups in total. The van der Waals surface area contributed by atoms with Crippen LogP contribution >= 0.6 is 15.9 Å². The molecule has 84 valence electrons. The molecule has 0 spiro atoms. The SMILES string of the molecule is CC(Br)Cc1c(F)c(F)c(F)c(F)c1F. The molecule has 1 aromatic rings. The molecule has 1 unspecified atom stereocenters. The molecule has 0 radical (unpaired) electrons. The lowest BCUT2D eigenvalue weighted by atomic mass is 10.1. The molecular formula is C9H6BrF5. The summed E-state index contributed by atoms with van der Waals surface area (Å²) in [4.78, 5) is -0.384. The third-order valence-corrected chi connectivity index (χ3v) is 2.11. The van der Waals surface area contributed by atoms with Crippen molar-refractivity contribution in [3.05, 3.63) is 34.6 Å². The molecule has 6 heteroatoms. The van der Waals surface area contributed by atoms with Crippen LogP contribution in [0.4, 0.5) is 22.0 Å². The molecule has 15 heavy (non-hydrogen) atoms. The molecule has 0 aliphatic heterocycles. The van der Waals surface area contributed by atoms with Crippen LogP contribution in [0.1, 0.15) is 12.5 Å². The molecule has 0 saturated heterocycles. The van der Waals surface area contributed by atoms with Gasteiger partial charge >= 0.3 is 0 Å². The summed E-state index contributed by atoms with van der Waals surface area (Å²) in [6.45, 7) is 1.54. The Hall–Kier alpha value is -0.650. The van der Waals surface area contributed by atoms with Crippen molar-refractivity contribution in [2.75, 3.05) is 0 Å². The van der Waals surface area contributed by atoms with Gasteiger partial charge in [0.05, 0.1) is 0 Å². The average molecular weight is 289 g/mol. The number of hydrogen-bond acceptors (Lipinski definition) is 0. The fraction of sp³-hybridized carbons (Fsp3) is 0.333. The van der Waals surface area contributed by atoms with Crippen molar-refractivity contribution in [2.45, 2.75) is 18.2 Å². The van der Waals surface area contributed by atoms with E-state index in [1.54, 1.807) is 0 Å². The Bertz CT molecular complexity index is 360. The average Bonchev–Trinajstić information content (AvgIpc) is 2.18. The highest BCUT2D eigenvalue weighted by molar-refractivity contribution is 9.09. The molecule has 0 saturated carbocycles. The minimum absolute atomic E-state index is 0.272. The standard InChI is InChI=1S/C9H6BrF5/c1-3(10)2-4-5(11)7(13)9(15)8(14)6(4)12/h3H,2H2,1H3. The third-order valence-electron chi connectivity index (χ3n) is 1.79. The number of halogens is 6. The second-order valence-corrected chi connectivity index (χ2v) is 4.60. The van der Waals surface area contributed by atoms with Gasteiger partial charge in [0.15, 0.2) is 23.3 Å². The van der Waals surface area contributed by atoms with E-state index in [1.807, 2.05) is 0 Å². The topological polar surface area (TPSA) is 0 Å². The van der Waals surface area contributed by atoms with E-state index in [1.165, 1.54) is 6.92 Å². The van der Waals surface area contributed by atoms with E-state index in [2.05, 4.69) is 15.9 Å². The first kappa shape index (κ1) is 12.4. The molecule has 0 aromatic heterocycles. The number of benzene rings is 1. The van der Waals surface area contributed by atoms with Gasteiger partial charge in [0.2, 0.25) is 5.82 Å². The highest BCUT2D eigenvalue weighted by atomic mass is 79.9. The van der Waals surface area contributed by atoms with Gasteiger partial charge in [-0.05, 0) is 6.42 Å². The minimum atomic E-state index is -2.13. The summed E-state index contributed by atoms with van der Waals surface area (Å²) >= 11 is 2.98. The Morgan fingerprint density at radius 1 is 0.867 bits per heavy atom. The highest BCUT2D eigenvalue weighted by Crippen LogP contribution is 2.24. The Morgan fingerprint density at radius 2 is 1.20 bits per heavy atom. The minimum Gasteiger partial charge on any atom is -0.203 e. The molecule has 0 aliphatic rings. The van der Waals surface area contributed by atoms with Crippen molar-refractivity contribution in [1.82, 2.24) is 0 Å². The van der Waals surface area contributed by atoms with E-state index in [0.717, 1.165) is 0 Å². The van der Waals surface area contributed by atoms with Crippen molar-refractivity contribution in [2.24, 2.45) is 0 Å². The molecular weight excluding hydrogens is 283 g/mol. The quantitative estimate of drug-likeness (QED) is 0.337. The van der Waals surface area contributed by atoms with Crippen molar-refractivity contribution >= 4 is 15.9 Å². The van der Waals surface area contributed by atoms with Crippen molar-refractivity contribution in [3.63, 3.8) is 0 Å². The highest BCUT2D eigenvalue weighted by Gasteiger charge is 2.25. The van der Waals surface area contributed by atoms with Gasteiger partial charge in [-0.2, -0.15) is 0 Å². The largest absolute Gasteiger partial charge is 0.203 e. The molecule has 1 aromatic carbocycles. The second-order valence-electron chi connectivity index (χ2n) is 3.03. The van der Waals surface area contributed by atoms with E-state index in [9.17, 15) is 22.0 Å². The second kappa shape index (κ2) is 4.47. The summed E-state index contributed by atoms with van der Waals surface area (Å²) < 4.78 is 64.0. The first-order valence-corrected chi connectivity index (χ1v) is 4.92. The Morgan fingerprint density at radius 3 is 1.53 bits per heavy atom. The molecule has 0 nitrogen and oxygen atoms in total. The van der Waals surface area contributed by atoms with Crippen LogP contribution in [0.15, 0.2) is 0 Å². The van der Waals surface area contributed by atoms with E-state index in [-0.39, 0.29) is 11.2 Å². The molecule has 1 rings (SSSR count). The third kappa shape index (κ3) is 2.30. The van der Waals surface area contributed by atoms with Crippen molar-refractivity contribution in [3.8, 4) is 0 Å². The van der Waals surface area contributed by atoms with E-state index >= 15 is 0 Å². The lowest BCUT2D eigenvalue weighted by Crippen LogP contribution is -2.10. The van der Waals surface area contributed by atoms with Crippen molar-refractivity contribution < 1.29 is 22.0 Å². The van der Waals surface area contributed by atoms with Gasteiger partial charge in [0.1, 0.15) is 0 Å². The van der Waals surface area contributed by atoms with E-state index in [0.29, 0.717) is 0 Å². The maximum atomic E-state index is 13.0. The summed E-state index contributed by atoms with van der Waals surface area (Å²) in [5.74, 6) is -9.47. The maximum Gasteiger partial charge on any atom is 0.200 e. The van der Waals surface area contributed by atoms with Crippen LogP contribution in [-0.4, -0.2) is 4.83 Å². The fourth-order valence-corrected chi connectivity index (χ4v) is 1.43. The van der Waals surface area contributed by atoms with Gasteiger partial charge in [-0.3, -0.25) is 0 Å². The van der Waals surface area contributed by atoms with Crippen LogP contribution < -0.4 is 0 Å². The van der Waals surface area contributed by atoms with Gasteiger partial charge in [-0.15, -0.1) is 0 Å². The molecule has 0 amide bonds. The summed E-state index contributed by atoms with van der Waals surface area (Å²) in [5.41, 5.74) is -0.796. The summed E-state index contributed by atoms with van der Waals surface area (Å²) in [5, 5.41) is 0. The predicted octanol–water partition coefficient (Wildman–Crippen LogP) is 3.71. The Labute approximate surface area is 91.2 Å². The first-order chi connectivity index (χ1) is 6.86. The van der Waals surface area contributed by atoms with Gasteiger partial charge in [-0.1, -0.05) is 22.9 Å². The van der Waals surface area contributed by atoms with E-state index < -0.39 is 34.6 Å². The van der Waals surface area contributed by atoms with Gasteiger partial charge in [0, 0.05) is 10.4 Å². The molecule has 0 fully saturated rings. The number of alkyl halides is 1. The van der Waals surface area contributed by atoms with E-state index in [4.69, 9.17) is 0 Å². The predicted molar refractivity (Wildman–Crippen MR) is 48.3 cm³/mol. The molecule has 0 aliphatic carbocycles. The van der Waals surface area contributed by atoms with Gasteiger partial charge < -0.3 is 0 Å². The fourth-order valence-electron chi connectivity index (χ4n) is 1.11. The van der Waals surface area contributed by atoms with Crippen LogP contribution in [0.25, 0.3) is 0 Å².